The van der Waals surface area contributed by atoms with Crippen LogP contribution in [-0.2, 0) is 23.5 Å². The summed E-state index contributed by atoms with van der Waals surface area (Å²) in [4.78, 5) is 40.7. The molecule has 3 rings (SSSR count). The summed E-state index contributed by atoms with van der Waals surface area (Å²) in [5.74, 6) is -0.864. The highest BCUT2D eigenvalue weighted by Crippen LogP contribution is 2.47. The molecule has 0 saturated heterocycles. The van der Waals surface area contributed by atoms with Gasteiger partial charge in [0.15, 0.2) is 6.10 Å². The monoisotopic (exact) mass is 565 g/mol. The van der Waals surface area contributed by atoms with Crippen LogP contribution in [0, 0.1) is 0 Å². The van der Waals surface area contributed by atoms with Crippen molar-refractivity contribution in [1.82, 2.24) is 0 Å². The Morgan fingerprint density at radius 3 is 2.19 bits per heavy atom. The molecule has 1 heterocycles. The summed E-state index contributed by atoms with van der Waals surface area (Å²) in [6.45, 7) is 12.9. The zero-order chi connectivity index (χ0) is 26.8. The van der Waals surface area contributed by atoms with Crippen molar-refractivity contribution in [3.8, 4) is 5.75 Å². The first kappa shape index (κ1) is 28.3. The number of halogens is 1. The van der Waals surface area contributed by atoms with E-state index in [1.165, 1.54) is 23.6 Å². The van der Waals surface area contributed by atoms with Crippen LogP contribution in [-0.4, -0.2) is 47.1 Å². The van der Waals surface area contributed by atoms with Crippen molar-refractivity contribution < 1.29 is 28.0 Å². The van der Waals surface area contributed by atoms with E-state index >= 15 is 0 Å². The Bertz CT molecular complexity index is 1150. The van der Waals surface area contributed by atoms with Crippen LogP contribution in [0.5, 0.6) is 5.75 Å². The maximum Gasteiger partial charge on any atom is 0.312 e. The van der Waals surface area contributed by atoms with Gasteiger partial charge in [-0.3, -0.25) is 19.3 Å². The fraction of sp³-hybridized carbons (Fsp3) is 0.400. The minimum Gasteiger partial charge on any atom is -0.544 e. The molecule has 36 heavy (non-hydrogen) atoms. The van der Waals surface area contributed by atoms with E-state index < -0.39 is 45.8 Å². The molecule has 1 aliphatic heterocycles. The molecule has 0 bridgehead atoms. The van der Waals surface area contributed by atoms with E-state index in [0.717, 1.165) is 11.3 Å². The Labute approximate surface area is 223 Å². The molecule has 1 aliphatic rings. The number of esters is 1. The fourth-order valence-electron chi connectivity index (χ4n) is 3.68. The Morgan fingerprint density at radius 1 is 1.00 bits per heavy atom. The molecule has 7 nitrogen and oxygen atoms in total. The van der Waals surface area contributed by atoms with Gasteiger partial charge in [-0.15, -0.1) is 11.8 Å². The van der Waals surface area contributed by atoms with E-state index in [0.29, 0.717) is 15.6 Å². The van der Waals surface area contributed by atoms with E-state index in [9.17, 15) is 14.4 Å². The Kier molecular flexibility index (Phi) is 8.64. The van der Waals surface area contributed by atoms with Crippen LogP contribution in [0.25, 0.3) is 0 Å². The van der Waals surface area contributed by atoms with Gasteiger partial charge >= 0.3 is 11.9 Å². The summed E-state index contributed by atoms with van der Waals surface area (Å²) in [6.07, 6.45) is -1.16. The second-order valence-electron chi connectivity index (χ2n) is 10.5. The molecule has 0 saturated carbocycles. The van der Waals surface area contributed by atoms with Crippen LogP contribution >= 0.6 is 23.4 Å². The summed E-state index contributed by atoms with van der Waals surface area (Å²) >= 11 is 7.66. The number of carbonyl (C=O) groups is 3. The largest absolute Gasteiger partial charge is 0.544 e. The van der Waals surface area contributed by atoms with Gasteiger partial charge in [-0.25, -0.2) is 0 Å². The number of carbonyl (C=O) groups excluding carboxylic acids is 3. The molecule has 2 atom stereocenters. The van der Waals surface area contributed by atoms with Crippen LogP contribution in [0.4, 0.5) is 5.69 Å². The number of ether oxygens (including phenoxy) is 1. The standard InChI is InChI=1S/C25H32ClNO6SSi2/c1-16(28)31-23-24(17-8-11-19(12-9-17)32-35(2,3)4)34-21-14-18(26)10-13-20(21)27(25(23)30)15-22(29)33-36(5,6)7/h8-14,23-24H,15H2,1-7H3. The summed E-state index contributed by atoms with van der Waals surface area (Å²) in [7, 11) is -3.98. The first-order valence-corrected chi connectivity index (χ1v) is 19.7. The Balaban J connectivity index is 2.05. The topological polar surface area (TPSA) is 82.1 Å². The normalized spacial score (nSPS) is 18.2. The van der Waals surface area contributed by atoms with Gasteiger partial charge in [-0.2, -0.15) is 0 Å². The second kappa shape index (κ2) is 11.0. The highest BCUT2D eigenvalue weighted by atomic mass is 35.5. The number of benzene rings is 2. The SMILES string of the molecule is CC(=O)OC1C(=O)N(CC(=O)O[Si](C)(C)C)c2ccc(Cl)cc2SC1c1ccc(O[Si](C)(C)C)cc1. The van der Waals surface area contributed by atoms with Gasteiger partial charge in [0.1, 0.15) is 12.3 Å². The molecular weight excluding hydrogens is 534 g/mol. The summed E-state index contributed by atoms with van der Waals surface area (Å²) in [6, 6.07) is 12.6. The lowest BCUT2D eigenvalue weighted by atomic mass is 10.1. The molecule has 2 aromatic carbocycles. The van der Waals surface area contributed by atoms with Crippen molar-refractivity contribution in [2.24, 2.45) is 0 Å². The molecule has 11 heteroatoms. The molecule has 1 amide bonds. The van der Waals surface area contributed by atoms with Crippen molar-refractivity contribution >= 4 is 63.5 Å². The maximum absolute atomic E-state index is 13.9. The van der Waals surface area contributed by atoms with Crippen molar-refractivity contribution in [2.75, 3.05) is 11.4 Å². The smallest absolute Gasteiger partial charge is 0.312 e. The van der Waals surface area contributed by atoms with E-state index in [1.54, 1.807) is 18.2 Å². The second-order valence-corrected chi connectivity index (χ2v) is 21.0. The number of fused-ring (bicyclic) bond motifs is 1. The molecule has 2 unspecified atom stereocenters. The van der Waals surface area contributed by atoms with Gasteiger partial charge in [0, 0.05) is 16.8 Å². The van der Waals surface area contributed by atoms with Gasteiger partial charge in [0.2, 0.25) is 16.6 Å². The van der Waals surface area contributed by atoms with Gasteiger partial charge < -0.3 is 13.6 Å². The predicted molar refractivity (Wildman–Crippen MR) is 148 cm³/mol. The summed E-state index contributed by atoms with van der Waals surface area (Å²) in [5, 5.41) is -0.0838. The van der Waals surface area contributed by atoms with Crippen LogP contribution < -0.4 is 9.33 Å². The van der Waals surface area contributed by atoms with Crippen LogP contribution in [0.2, 0.25) is 44.3 Å². The van der Waals surface area contributed by atoms with Gasteiger partial charge in [-0.05, 0) is 75.2 Å². The molecule has 0 radical (unpaired) electrons. The van der Waals surface area contributed by atoms with E-state index in [2.05, 4.69) is 19.6 Å². The molecule has 0 aliphatic carbocycles. The average molecular weight is 566 g/mol. The summed E-state index contributed by atoms with van der Waals surface area (Å²) in [5.41, 5.74) is 1.29. The Hall–Kier alpha value is -2.28. The average Bonchev–Trinajstić information content (AvgIpc) is 2.82. The van der Waals surface area contributed by atoms with Crippen molar-refractivity contribution in [3.05, 3.63) is 53.1 Å². The van der Waals surface area contributed by atoms with Gasteiger partial charge in [0.05, 0.1) is 10.9 Å². The van der Waals surface area contributed by atoms with E-state index in [4.69, 9.17) is 25.2 Å². The minimum absolute atomic E-state index is 0.300. The van der Waals surface area contributed by atoms with E-state index in [-0.39, 0.29) is 6.54 Å². The quantitative estimate of drug-likeness (QED) is 0.299. The number of nitrogens with zero attached hydrogens (tertiary/aromatic N) is 1. The fourth-order valence-corrected chi connectivity index (χ4v) is 6.87. The van der Waals surface area contributed by atoms with Gasteiger partial charge in [0.25, 0.3) is 5.91 Å². The predicted octanol–water partition coefficient (Wildman–Crippen LogP) is 6.04. The van der Waals surface area contributed by atoms with Crippen molar-refractivity contribution in [1.29, 1.82) is 0 Å². The molecular formula is C25H32ClNO6SSi2. The highest BCUT2D eigenvalue weighted by Gasteiger charge is 2.42. The molecule has 0 N–H and O–H groups in total. The van der Waals surface area contributed by atoms with Crippen LogP contribution in [0.1, 0.15) is 17.7 Å². The molecule has 0 spiro atoms. The lowest BCUT2D eigenvalue weighted by molar-refractivity contribution is -0.153. The highest BCUT2D eigenvalue weighted by molar-refractivity contribution is 7.99. The number of hydrogen-bond donors (Lipinski definition) is 0. The van der Waals surface area contributed by atoms with Crippen LogP contribution in [0.3, 0.4) is 0 Å². The summed E-state index contributed by atoms with van der Waals surface area (Å²) < 4.78 is 17.2. The maximum atomic E-state index is 13.9. The van der Waals surface area contributed by atoms with E-state index in [1.807, 2.05) is 43.9 Å². The first-order chi connectivity index (χ1) is 16.6. The number of hydrogen-bond acceptors (Lipinski definition) is 7. The van der Waals surface area contributed by atoms with Gasteiger partial charge in [-0.1, -0.05) is 23.7 Å². The number of amides is 1. The van der Waals surface area contributed by atoms with Crippen molar-refractivity contribution in [3.63, 3.8) is 0 Å². The third kappa shape index (κ3) is 7.61. The molecule has 0 fully saturated rings. The lowest BCUT2D eigenvalue weighted by Gasteiger charge is -2.28. The van der Waals surface area contributed by atoms with Crippen LogP contribution in [0.15, 0.2) is 47.4 Å². The number of thioether (sulfide) groups is 1. The number of rotatable bonds is 7. The Morgan fingerprint density at radius 2 is 1.64 bits per heavy atom. The first-order valence-electron chi connectivity index (χ1n) is 11.6. The minimum atomic E-state index is -2.18. The molecule has 0 aromatic heterocycles. The third-order valence-corrected chi connectivity index (χ3v) is 8.16. The number of anilines is 1. The lowest BCUT2D eigenvalue weighted by Crippen LogP contribution is -2.46. The molecule has 2 aromatic rings. The third-order valence-electron chi connectivity index (χ3n) is 4.88. The zero-order valence-electron chi connectivity index (χ0n) is 21.6. The molecule has 194 valence electrons. The zero-order valence-corrected chi connectivity index (χ0v) is 25.2. The van der Waals surface area contributed by atoms with Crippen molar-refractivity contribution in [2.45, 2.75) is 62.5 Å².